The van der Waals surface area contributed by atoms with Crippen molar-refractivity contribution in [3.8, 4) is 0 Å². The van der Waals surface area contributed by atoms with Crippen LogP contribution in [-0.2, 0) is 11.2 Å². The Kier molecular flexibility index (Phi) is 2.25. The summed E-state index contributed by atoms with van der Waals surface area (Å²) < 4.78 is 4.94. The summed E-state index contributed by atoms with van der Waals surface area (Å²) in [4.78, 5) is 21.6. The first kappa shape index (κ1) is 9.45. The molecule has 75 valence electrons. The lowest BCUT2D eigenvalue weighted by atomic mass is 10.1. The lowest BCUT2D eigenvalue weighted by Crippen LogP contribution is -2.01. The molecule has 0 aliphatic rings. The summed E-state index contributed by atoms with van der Waals surface area (Å²) in [6.07, 6.45) is 0.919. The zero-order chi connectivity index (χ0) is 10.8. The highest BCUT2D eigenvalue weighted by molar-refractivity contribution is 5.84. The van der Waals surface area contributed by atoms with Crippen molar-refractivity contribution in [3.05, 3.63) is 40.2 Å². The molecule has 1 radical (unpaired) electrons. The highest BCUT2D eigenvalue weighted by Crippen LogP contribution is 2.20. The highest BCUT2D eigenvalue weighted by atomic mass is 16.4. The maximum Gasteiger partial charge on any atom is 0.336 e. The van der Waals surface area contributed by atoms with Crippen LogP contribution in [0.2, 0.25) is 0 Å². The van der Waals surface area contributed by atoms with Gasteiger partial charge in [0.25, 0.3) is 0 Å². The van der Waals surface area contributed by atoms with Gasteiger partial charge in [0.15, 0.2) is 0 Å². The maximum atomic E-state index is 11.1. The fraction of sp³-hybridized carbons (Fsp3) is 0.0909. The van der Waals surface area contributed by atoms with Crippen molar-refractivity contribution in [2.24, 2.45) is 0 Å². The quantitative estimate of drug-likeness (QED) is 0.546. The number of carbonyl (C=O) groups excluding carboxylic acids is 1. The van der Waals surface area contributed by atoms with Crippen LogP contribution < -0.4 is 11.4 Å². The van der Waals surface area contributed by atoms with Gasteiger partial charge < -0.3 is 14.9 Å². The minimum atomic E-state index is -0.495. The predicted octanol–water partition coefficient (Wildman–Crippen LogP) is 1.45. The molecule has 1 N–H and O–H groups in total. The molecule has 15 heavy (non-hydrogen) atoms. The normalized spacial score (nSPS) is 10.4. The van der Waals surface area contributed by atoms with E-state index in [2.05, 4.69) is 0 Å². The molecular weight excluding hydrogens is 194 g/mol. The summed E-state index contributed by atoms with van der Waals surface area (Å²) in [6.45, 7) is 0. The number of aldehydes is 1. The Bertz CT molecular complexity index is 572. The summed E-state index contributed by atoms with van der Waals surface area (Å²) in [5.41, 5.74) is 8.15. The first-order valence-electron chi connectivity index (χ1n) is 4.43. The van der Waals surface area contributed by atoms with Crippen LogP contribution in [0.3, 0.4) is 0 Å². The zero-order valence-electron chi connectivity index (χ0n) is 7.82. The molecule has 1 aromatic heterocycles. The van der Waals surface area contributed by atoms with Crippen molar-refractivity contribution in [2.45, 2.75) is 6.42 Å². The average molecular weight is 202 g/mol. The van der Waals surface area contributed by atoms with Gasteiger partial charge in [0.2, 0.25) is 0 Å². The third-order valence-corrected chi connectivity index (χ3v) is 2.13. The van der Waals surface area contributed by atoms with E-state index < -0.39 is 5.63 Å². The van der Waals surface area contributed by atoms with Crippen molar-refractivity contribution in [3.63, 3.8) is 0 Å². The summed E-state index contributed by atoms with van der Waals surface area (Å²) in [5.74, 6) is 0. The molecule has 0 unspecified atom stereocenters. The fourth-order valence-corrected chi connectivity index (χ4v) is 1.49. The Morgan fingerprint density at radius 3 is 2.87 bits per heavy atom. The molecule has 0 atom stereocenters. The highest BCUT2D eigenvalue weighted by Gasteiger charge is 2.05. The lowest BCUT2D eigenvalue weighted by Gasteiger charge is -2.01. The second-order valence-corrected chi connectivity index (χ2v) is 3.17. The number of hydrogen-bond donors (Lipinski definition) is 0. The Labute approximate surface area is 85.3 Å². The Morgan fingerprint density at radius 2 is 2.13 bits per heavy atom. The van der Waals surface area contributed by atoms with Crippen LogP contribution in [0.15, 0.2) is 33.5 Å². The molecule has 4 heteroatoms. The molecule has 2 rings (SSSR count). The molecule has 4 nitrogen and oxygen atoms in total. The van der Waals surface area contributed by atoms with Crippen molar-refractivity contribution in [1.29, 1.82) is 0 Å². The molecular formula is C11H8NO3. The monoisotopic (exact) mass is 202 g/mol. The molecule has 0 fully saturated rings. The molecule has 1 heterocycles. The van der Waals surface area contributed by atoms with E-state index in [1.807, 2.05) is 0 Å². The maximum absolute atomic E-state index is 11.1. The van der Waals surface area contributed by atoms with Gasteiger partial charge in [-0.15, -0.1) is 0 Å². The number of rotatable bonds is 2. The third kappa shape index (κ3) is 1.74. The zero-order valence-corrected chi connectivity index (χ0v) is 7.82. The van der Waals surface area contributed by atoms with Crippen LogP contribution in [0.4, 0.5) is 5.69 Å². The second kappa shape index (κ2) is 3.57. The molecule has 0 saturated heterocycles. The van der Waals surface area contributed by atoms with E-state index >= 15 is 0 Å². The minimum Gasteiger partial charge on any atom is -0.423 e. The third-order valence-electron chi connectivity index (χ3n) is 2.13. The van der Waals surface area contributed by atoms with E-state index in [1.54, 1.807) is 12.1 Å². The summed E-state index contributed by atoms with van der Waals surface area (Å²) >= 11 is 0. The van der Waals surface area contributed by atoms with Crippen LogP contribution in [-0.4, -0.2) is 6.29 Å². The van der Waals surface area contributed by atoms with Crippen molar-refractivity contribution >= 4 is 22.9 Å². The minimum absolute atomic E-state index is 0.180. The summed E-state index contributed by atoms with van der Waals surface area (Å²) in [6, 6.07) is 6.04. The first-order chi connectivity index (χ1) is 7.20. The Balaban J connectivity index is 2.79. The average Bonchev–Trinajstić information content (AvgIpc) is 2.17. The van der Waals surface area contributed by atoms with Gasteiger partial charge in [-0.05, 0) is 17.7 Å². The Hall–Kier alpha value is -2.10. The second-order valence-electron chi connectivity index (χ2n) is 3.17. The predicted molar refractivity (Wildman–Crippen MR) is 55.0 cm³/mol. The molecule has 0 bridgehead atoms. The lowest BCUT2D eigenvalue weighted by molar-refractivity contribution is -0.107. The largest absolute Gasteiger partial charge is 0.423 e. The van der Waals surface area contributed by atoms with Gasteiger partial charge in [0.05, 0.1) is 5.69 Å². The van der Waals surface area contributed by atoms with Gasteiger partial charge >= 0.3 is 5.63 Å². The van der Waals surface area contributed by atoms with Crippen molar-refractivity contribution in [1.82, 2.24) is 5.73 Å². The van der Waals surface area contributed by atoms with Crippen LogP contribution in [0.5, 0.6) is 0 Å². The number of benzene rings is 1. The summed E-state index contributed by atoms with van der Waals surface area (Å²) in [7, 11) is 0. The van der Waals surface area contributed by atoms with Crippen molar-refractivity contribution < 1.29 is 9.21 Å². The standard InChI is InChI=1S/C11H8NO3/c12-8-1-2-9-7(3-4-13)5-11(14)15-10(9)6-8/h1-2,4-6,12H,3H2. The smallest absolute Gasteiger partial charge is 0.336 e. The molecule has 0 aliphatic heterocycles. The molecule has 0 aliphatic carbocycles. The van der Waals surface area contributed by atoms with E-state index in [0.29, 0.717) is 16.5 Å². The van der Waals surface area contributed by atoms with E-state index in [0.717, 1.165) is 6.29 Å². The van der Waals surface area contributed by atoms with Crippen LogP contribution in [0.25, 0.3) is 11.0 Å². The molecule has 0 spiro atoms. The van der Waals surface area contributed by atoms with Crippen LogP contribution in [0.1, 0.15) is 5.56 Å². The van der Waals surface area contributed by atoms with Gasteiger partial charge in [-0.2, -0.15) is 0 Å². The van der Waals surface area contributed by atoms with E-state index in [1.165, 1.54) is 12.1 Å². The van der Waals surface area contributed by atoms with Gasteiger partial charge in [-0.1, -0.05) is 0 Å². The van der Waals surface area contributed by atoms with Crippen LogP contribution >= 0.6 is 0 Å². The Morgan fingerprint density at radius 1 is 1.33 bits per heavy atom. The van der Waals surface area contributed by atoms with Gasteiger partial charge in [0.1, 0.15) is 11.9 Å². The van der Waals surface area contributed by atoms with E-state index in [4.69, 9.17) is 10.2 Å². The topological polar surface area (TPSA) is 71.1 Å². The molecule has 0 saturated carbocycles. The van der Waals surface area contributed by atoms with Crippen molar-refractivity contribution in [2.75, 3.05) is 0 Å². The molecule has 0 amide bonds. The SMILES string of the molecule is [NH]c1ccc2c(CC=O)cc(=O)oc2c1. The number of hydrogen-bond acceptors (Lipinski definition) is 3. The summed E-state index contributed by atoms with van der Waals surface area (Å²) in [5, 5.41) is 0.706. The number of nitrogens with one attached hydrogen (secondary N) is 1. The molecule has 1 aromatic carbocycles. The number of carbonyl (C=O) groups is 1. The van der Waals surface area contributed by atoms with Crippen LogP contribution in [0, 0.1) is 0 Å². The first-order valence-corrected chi connectivity index (χ1v) is 4.43. The van der Waals surface area contributed by atoms with Gasteiger partial charge in [-0.3, -0.25) is 0 Å². The van der Waals surface area contributed by atoms with Gasteiger partial charge in [-0.25, -0.2) is 4.79 Å². The number of fused-ring (bicyclic) bond motifs is 1. The fourth-order valence-electron chi connectivity index (χ4n) is 1.49. The van der Waals surface area contributed by atoms with E-state index in [-0.39, 0.29) is 12.1 Å². The van der Waals surface area contributed by atoms with Gasteiger partial charge in [0, 0.05) is 23.9 Å². The van der Waals surface area contributed by atoms with E-state index in [9.17, 15) is 9.59 Å². The molecule has 2 aromatic rings.